The Hall–Kier alpha value is -3.00. The number of pyridine rings is 1. The molecule has 1 unspecified atom stereocenters. The first-order valence-corrected chi connectivity index (χ1v) is 9.74. The number of fused-ring (bicyclic) bond motifs is 1. The molecule has 0 spiro atoms. The van der Waals surface area contributed by atoms with E-state index in [4.69, 9.17) is 0 Å². The maximum atomic E-state index is 12.5. The Morgan fingerprint density at radius 2 is 2.04 bits per heavy atom. The van der Waals surface area contributed by atoms with Gasteiger partial charge >= 0.3 is 0 Å². The standard InChI is InChI=1S/C20H23N7O/c1-13-8-17-9-15(5-7-27(17)25-13)24-20(28)18-10-22-19(11-21-18)26-6-4-16(12-26)23-14-2-3-14/h5,7-11,14,16,23H,2-4,6,12H2,1H3,(H,24,28). The number of carbonyl (C=O) groups is 1. The van der Waals surface area contributed by atoms with Crippen LogP contribution in [0.15, 0.2) is 36.8 Å². The molecule has 2 aliphatic rings. The number of hydrogen-bond acceptors (Lipinski definition) is 6. The molecule has 1 saturated carbocycles. The van der Waals surface area contributed by atoms with Gasteiger partial charge in [-0.25, -0.2) is 14.5 Å². The van der Waals surface area contributed by atoms with Gasteiger partial charge in [-0.3, -0.25) is 4.79 Å². The Bertz CT molecular complexity index is 1010. The summed E-state index contributed by atoms with van der Waals surface area (Å²) in [6, 6.07) is 6.91. The van der Waals surface area contributed by atoms with E-state index in [1.54, 1.807) is 16.9 Å². The number of anilines is 2. The van der Waals surface area contributed by atoms with Crippen LogP contribution in [0.1, 0.15) is 35.4 Å². The lowest BCUT2D eigenvalue weighted by Gasteiger charge is -2.17. The fourth-order valence-corrected chi connectivity index (χ4v) is 3.68. The van der Waals surface area contributed by atoms with Crippen LogP contribution in [0.4, 0.5) is 11.5 Å². The first-order valence-electron chi connectivity index (χ1n) is 9.74. The van der Waals surface area contributed by atoms with Crippen molar-refractivity contribution in [3.05, 3.63) is 48.2 Å². The molecular weight excluding hydrogens is 354 g/mol. The van der Waals surface area contributed by atoms with Gasteiger partial charge in [0.1, 0.15) is 11.5 Å². The van der Waals surface area contributed by atoms with E-state index >= 15 is 0 Å². The molecule has 4 heterocycles. The van der Waals surface area contributed by atoms with Crippen molar-refractivity contribution in [2.45, 2.75) is 38.3 Å². The van der Waals surface area contributed by atoms with Crippen molar-refractivity contribution in [3.63, 3.8) is 0 Å². The zero-order chi connectivity index (χ0) is 19.1. The van der Waals surface area contributed by atoms with Crippen LogP contribution < -0.4 is 15.5 Å². The predicted octanol–water partition coefficient (Wildman–Crippen LogP) is 2.02. The highest BCUT2D eigenvalue weighted by Gasteiger charge is 2.29. The van der Waals surface area contributed by atoms with E-state index in [-0.39, 0.29) is 5.91 Å². The van der Waals surface area contributed by atoms with E-state index in [9.17, 15) is 4.79 Å². The summed E-state index contributed by atoms with van der Waals surface area (Å²) >= 11 is 0. The number of aryl methyl sites for hydroxylation is 1. The van der Waals surface area contributed by atoms with Gasteiger partial charge in [-0.15, -0.1) is 0 Å². The van der Waals surface area contributed by atoms with Crippen LogP contribution in [0.25, 0.3) is 5.52 Å². The number of nitrogens with one attached hydrogen (secondary N) is 2. The van der Waals surface area contributed by atoms with Gasteiger partial charge in [-0.2, -0.15) is 5.10 Å². The quantitative estimate of drug-likeness (QED) is 0.707. The predicted molar refractivity (Wildman–Crippen MR) is 107 cm³/mol. The molecule has 3 aromatic rings. The SMILES string of the molecule is Cc1cc2cc(NC(=O)c3cnc(N4CCC(NC5CC5)C4)cn3)ccn2n1. The lowest BCUT2D eigenvalue weighted by atomic mass is 10.2. The van der Waals surface area contributed by atoms with Gasteiger partial charge in [0.15, 0.2) is 0 Å². The van der Waals surface area contributed by atoms with Crippen LogP contribution in [-0.4, -0.2) is 50.7 Å². The minimum atomic E-state index is -0.269. The molecule has 0 aromatic carbocycles. The number of hydrogen-bond donors (Lipinski definition) is 2. The molecule has 1 atom stereocenters. The lowest BCUT2D eigenvalue weighted by molar-refractivity contribution is 0.102. The van der Waals surface area contributed by atoms with Gasteiger partial charge in [0.25, 0.3) is 5.91 Å². The molecule has 3 aromatic heterocycles. The third-order valence-corrected chi connectivity index (χ3v) is 5.28. The molecule has 8 nitrogen and oxygen atoms in total. The highest BCUT2D eigenvalue weighted by Crippen LogP contribution is 2.23. The Morgan fingerprint density at radius 3 is 2.82 bits per heavy atom. The molecule has 28 heavy (non-hydrogen) atoms. The van der Waals surface area contributed by atoms with Crippen LogP contribution >= 0.6 is 0 Å². The summed E-state index contributed by atoms with van der Waals surface area (Å²) in [6.07, 6.45) is 8.79. The van der Waals surface area contributed by atoms with Crippen molar-refractivity contribution in [3.8, 4) is 0 Å². The second-order valence-corrected chi connectivity index (χ2v) is 7.66. The lowest BCUT2D eigenvalue weighted by Crippen LogP contribution is -2.34. The first kappa shape index (κ1) is 17.1. The minimum Gasteiger partial charge on any atom is -0.354 e. The largest absolute Gasteiger partial charge is 0.354 e. The van der Waals surface area contributed by atoms with E-state index in [0.29, 0.717) is 23.5 Å². The summed E-state index contributed by atoms with van der Waals surface area (Å²) in [5.74, 6) is 0.558. The number of nitrogens with zero attached hydrogens (tertiary/aromatic N) is 5. The summed E-state index contributed by atoms with van der Waals surface area (Å²) in [4.78, 5) is 23.5. The second kappa shape index (κ2) is 6.87. The van der Waals surface area contributed by atoms with Crippen molar-refractivity contribution in [1.82, 2.24) is 24.9 Å². The second-order valence-electron chi connectivity index (χ2n) is 7.66. The average Bonchev–Trinajstić information content (AvgIpc) is 3.24. The molecule has 2 N–H and O–H groups in total. The van der Waals surface area contributed by atoms with Gasteiger partial charge in [0, 0.05) is 37.1 Å². The summed E-state index contributed by atoms with van der Waals surface area (Å²) < 4.78 is 1.78. The minimum absolute atomic E-state index is 0.269. The molecule has 5 rings (SSSR count). The highest BCUT2D eigenvalue weighted by atomic mass is 16.1. The monoisotopic (exact) mass is 377 g/mol. The number of amides is 1. The van der Waals surface area contributed by atoms with E-state index in [2.05, 4.69) is 30.6 Å². The average molecular weight is 377 g/mol. The van der Waals surface area contributed by atoms with E-state index < -0.39 is 0 Å². The van der Waals surface area contributed by atoms with Crippen LogP contribution in [-0.2, 0) is 0 Å². The van der Waals surface area contributed by atoms with Gasteiger partial charge in [0.2, 0.25) is 0 Å². The molecule has 1 amide bonds. The van der Waals surface area contributed by atoms with Crippen molar-refractivity contribution in [2.75, 3.05) is 23.3 Å². The Balaban J connectivity index is 1.23. The van der Waals surface area contributed by atoms with Crippen molar-refractivity contribution >= 4 is 22.9 Å². The first-order chi connectivity index (χ1) is 13.6. The summed E-state index contributed by atoms with van der Waals surface area (Å²) in [5.41, 5.74) is 2.87. The fourth-order valence-electron chi connectivity index (χ4n) is 3.68. The zero-order valence-electron chi connectivity index (χ0n) is 15.8. The Kier molecular flexibility index (Phi) is 4.20. The molecule has 1 saturated heterocycles. The van der Waals surface area contributed by atoms with Crippen molar-refractivity contribution in [1.29, 1.82) is 0 Å². The van der Waals surface area contributed by atoms with Gasteiger partial charge < -0.3 is 15.5 Å². The van der Waals surface area contributed by atoms with Crippen LogP contribution in [0.3, 0.4) is 0 Å². The molecule has 8 heteroatoms. The Labute approximate surface area is 163 Å². The maximum absolute atomic E-state index is 12.5. The van der Waals surface area contributed by atoms with Crippen molar-refractivity contribution < 1.29 is 4.79 Å². The molecule has 0 bridgehead atoms. The van der Waals surface area contributed by atoms with Gasteiger partial charge in [-0.05, 0) is 44.4 Å². The fraction of sp³-hybridized carbons (Fsp3) is 0.400. The van der Waals surface area contributed by atoms with Crippen molar-refractivity contribution in [2.24, 2.45) is 0 Å². The Morgan fingerprint density at radius 1 is 1.14 bits per heavy atom. The molecular formula is C20H23N7O. The normalized spacial score (nSPS) is 19.3. The van der Waals surface area contributed by atoms with E-state index in [1.807, 2.05) is 31.3 Å². The third-order valence-electron chi connectivity index (χ3n) is 5.28. The summed E-state index contributed by atoms with van der Waals surface area (Å²) in [5, 5.41) is 10.9. The van der Waals surface area contributed by atoms with Gasteiger partial charge in [0.05, 0.1) is 23.6 Å². The number of carbonyl (C=O) groups excluding carboxylic acids is 1. The topological polar surface area (TPSA) is 87.5 Å². The van der Waals surface area contributed by atoms with Crippen LogP contribution in [0.5, 0.6) is 0 Å². The smallest absolute Gasteiger partial charge is 0.275 e. The zero-order valence-corrected chi connectivity index (χ0v) is 15.8. The van der Waals surface area contributed by atoms with E-state index in [0.717, 1.165) is 36.5 Å². The number of rotatable bonds is 5. The maximum Gasteiger partial charge on any atom is 0.275 e. The molecule has 1 aliphatic carbocycles. The summed E-state index contributed by atoms with van der Waals surface area (Å²) in [7, 11) is 0. The van der Waals surface area contributed by atoms with E-state index in [1.165, 1.54) is 12.8 Å². The molecule has 2 fully saturated rings. The molecule has 144 valence electrons. The molecule has 0 radical (unpaired) electrons. The van der Waals surface area contributed by atoms with Crippen LogP contribution in [0, 0.1) is 6.92 Å². The molecule has 1 aliphatic heterocycles. The summed E-state index contributed by atoms with van der Waals surface area (Å²) in [6.45, 7) is 3.85. The van der Waals surface area contributed by atoms with Gasteiger partial charge in [-0.1, -0.05) is 0 Å². The number of aromatic nitrogens is 4. The third kappa shape index (κ3) is 3.55. The van der Waals surface area contributed by atoms with Crippen LogP contribution in [0.2, 0.25) is 0 Å². The highest BCUT2D eigenvalue weighted by molar-refractivity contribution is 6.02.